The molecule has 2 aromatic heterocycles. The molecule has 37 heavy (non-hydrogen) atoms. The van der Waals surface area contributed by atoms with Crippen molar-refractivity contribution in [3.63, 3.8) is 0 Å². The first-order valence-electron chi connectivity index (χ1n) is 12.4. The normalized spacial score (nSPS) is 22.4. The second-order valence-corrected chi connectivity index (χ2v) is 11.3. The zero-order valence-electron chi connectivity index (χ0n) is 20.4. The van der Waals surface area contributed by atoms with Crippen molar-refractivity contribution in [1.82, 2.24) is 9.88 Å². The number of fused-ring (bicyclic) bond motifs is 1. The fourth-order valence-corrected chi connectivity index (χ4v) is 6.94. The van der Waals surface area contributed by atoms with Crippen LogP contribution in [-0.2, 0) is 11.3 Å². The summed E-state index contributed by atoms with van der Waals surface area (Å²) in [5, 5.41) is 14.2. The average molecular weight is 519 g/mol. The van der Waals surface area contributed by atoms with E-state index < -0.39 is 5.97 Å². The number of thiophene rings is 1. The lowest BCUT2D eigenvalue weighted by Gasteiger charge is -2.56. The van der Waals surface area contributed by atoms with E-state index in [1.54, 1.807) is 11.3 Å². The summed E-state index contributed by atoms with van der Waals surface area (Å²) in [6.07, 6.45) is 5.18. The second-order valence-electron chi connectivity index (χ2n) is 10.4. The Labute approximate surface area is 217 Å². The SMILES string of the molecule is COc1cc(F)cc(-c2ccc(Cn3ccc4scc(C(=O)N[C@H]5CC6(C5)C[C@H](C(=O)O)C6)c43)cc2)c1. The molecule has 1 amide bonds. The molecule has 2 saturated carbocycles. The fraction of sp³-hybridized carbons (Fsp3) is 0.310. The van der Waals surface area contributed by atoms with Crippen LogP contribution in [-0.4, -0.2) is 34.7 Å². The number of methoxy groups -OCH3 is 1. The second kappa shape index (κ2) is 9.03. The van der Waals surface area contributed by atoms with Crippen LogP contribution in [0, 0.1) is 17.2 Å². The molecule has 2 N–H and O–H groups in total. The number of aliphatic carboxylic acids is 1. The fourth-order valence-electron chi connectivity index (χ4n) is 6.00. The van der Waals surface area contributed by atoms with E-state index in [1.807, 2.05) is 48.0 Å². The molecule has 190 valence electrons. The van der Waals surface area contributed by atoms with E-state index in [0.29, 0.717) is 17.9 Å². The van der Waals surface area contributed by atoms with Gasteiger partial charge in [0.1, 0.15) is 11.6 Å². The van der Waals surface area contributed by atoms with Crippen LogP contribution in [0.4, 0.5) is 4.39 Å². The van der Waals surface area contributed by atoms with Gasteiger partial charge in [0.25, 0.3) is 5.91 Å². The van der Waals surface area contributed by atoms with Crippen molar-refractivity contribution in [3.8, 4) is 16.9 Å². The van der Waals surface area contributed by atoms with Gasteiger partial charge in [-0.1, -0.05) is 24.3 Å². The Morgan fingerprint density at radius 1 is 1.11 bits per heavy atom. The van der Waals surface area contributed by atoms with Crippen molar-refractivity contribution in [2.24, 2.45) is 11.3 Å². The number of ether oxygens (including phenoxy) is 1. The molecule has 1 spiro atoms. The van der Waals surface area contributed by atoms with E-state index >= 15 is 0 Å². The van der Waals surface area contributed by atoms with Gasteiger partial charge in [-0.3, -0.25) is 9.59 Å². The molecule has 2 fully saturated rings. The summed E-state index contributed by atoms with van der Waals surface area (Å²) in [6.45, 7) is 0.608. The molecule has 6 nitrogen and oxygen atoms in total. The standard InChI is InChI=1S/C29H27FN2O4S/c1-36-23-9-19(8-21(30)10-23)18-4-2-17(3-5-18)15-32-7-6-25-26(32)24(16-37-25)27(33)31-22-13-29(14-22)11-20(12-29)28(34)35/h2-10,16,20,22H,11-15H2,1H3,(H,31,33)(H,34,35)/t20-,22-,29?. The third-order valence-corrected chi connectivity index (χ3v) is 8.82. The number of nitrogens with zero attached hydrogens (tertiary/aromatic N) is 1. The van der Waals surface area contributed by atoms with Gasteiger partial charge in [-0.2, -0.15) is 0 Å². The Morgan fingerprint density at radius 2 is 1.86 bits per heavy atom. The molecule has 4 aromatic rings. The number of aromatic nitrogens is 1. The Hall–Kier alpha value is -3.65. The number of carbonyl (C=O) groups is 2. The van der Waals surface area contributed by atoms with Crippen LogP contribution in [0.25, 0.3) is 21.3 Å². The maximum Gasteiger partial charge on any atom is 0.306 e. The quantitative estimate of drug-likeness (QED) is 0.317. The van der Waals surface area contributed by atoms with E-state index in [9.17, 15) is 14.0 Å². The van der Waals surface area contributed by atoms with Crippen LogP contribution < -0.4 is 10.1 Å². The summed E-state index contributed by atoms with van der Waals surface area (Å²) in [5.74, 6) is -0.863. The molecule has 0 unspecified atom stereocenters. The predicted molar refractivity (Wildman–Crippen MR) is 141 cm³/mol. The van der Waals surface area contributed by atoms with E-state index in [2.05, 4.69) is 9.88 Å². The molecular formula is C29H27FN2O4S. The number of benzene rings is 2. The van der Waals surface area contributed by atoms with Gasteiger partial charge in [0, 0.05) is 30.2 Å². The van der Waals surface area contributed by atoms with Gasteiger partial charge in [0.2, 0.25) is 0 Å². The maximum atomic E-state index is 13.9. The molecule has 8 heteroatoms. The van der Waals surface area contributed by atoms with Crippen LogP contribution in [0.1, 0.15) is 41.6 Å². The molecule has 2 aliphatic carbocycles. The molecule has 2 aromatic carbocycles. The summed E-state index contributed by atoms with van der Waals surface area (Å²) in [5.41, 5.74) is 4.43. The van der Waals surface area contributed by atoms with Gasteiger partial charge in [-0.25, -0.2) is 4.39 Å². The maximum absolute atomic E-state index is 13.9. The summed E-state index contributed by atoms with van der Waals surface area (Å²) in [7, 11) is 1.52. The zero-order valence-corrected chi connectivity index (χ0v) is 21.2. The average Bonchev–Trinajstić information content (AvgIpc) is 3.42. The summed E-state index contributed by atoms with van der Waals surface area (Å²) >= 11 is 1.56. The number of carbonyl (C=O) groups excluding carboxylic acids is 1. The van der Waals surface area contributed by atoms with Gasteiger partial charge < -0.3 is 19.7 Å². The molecule has 2 heterocycles. The smallest absolute Gasteiger partial charge is 0.306 e. The van der Waals surface area contributed by atoms with Crippen molar-refractivity contribution in [3.05, 3.63) is 77.1 Å². The van der Waals surface area contributed by atoms with Crippen molar-refractivity contribution >= 4 is 33.4 Å². The van der Waals surface area contributed by atoms with E-state index in [-0.39, 0.29) is 29.1 Å². The summed E-state index contributed by atoms with van der Waals surface area (Å²) in [6, 6.07) is 14.8. The predicted octanol–water partition coefficient (Wildman–Crippen LogP) is 5.94. The summed E-state index contributed by atoms with van der Waals surface area (Å²) in [4.78, 5) is 24.3. The highest BCUT2D eigenvalue weighted by molar-refractivity contribution is 7.17. The minimum atomic E-state index is -0.705. The minimum Gasteiger partial charge on any atom is -0.497 e. The highest BCUT2D eigenvalue weighted by Gasteiger charge is 2.55. The lowest BCUT2D eigenvalue weighted by Crippen LogP contribution is -2.57. The molecule has 6 rings (SSSR count). The number of nitrogens with one attached hydrogen (secondary N) is 1. The van der Waals surface area contributed by atoms with E-state index in [0.717, 1.165) is 52.6 Å². The first kappa shape index (κ1) is 23.7. The Balaban J connectivity index is 1.14. The van der Waals surface area contributed by atoms with E-state index in [1.165, 1.54) is 19.2 Å². The number of halogens is 1. The highest BCUT2D eigenvalue weighted by Crippen LogP contribution is 2.58. The largest absolute Gasteiger partial charge is 0.497 e. The first-order chi connectivity index (χ1) is 17.8. The Morgan fingerprint density at radius 3 is 2.57 bits per heavy atom. The van der Waals surface area contributed by atoms with Crippen molar-refractivity contribution in [2.75, 3.05) is 7.11 Å². The van der Waals surface area contributed by atoms with Gasteiger partial charge in [0.05, 0.1) is 28.8 Å². The van der Waals surface area contributed by atoms with Crippen LogP contribution in [0.2, 0.25) is 0 Å². The number of carboxylic acid groups (broad SMARTS) is 1. The number of hydrogen-bond donors (Lipinski definition) is 2. The van der Waals surface area contributed by atoms with Crippen molar-refractivity contribution in [2.45, 2.75) is 38.3 Å². The van der Waals surface area contributed by atoms with Crippen LogP contribution in [0.5, 0.6) is 5.75 Å². The topological polar surface area (TPSA) is 80.6 Å². The van der Waals surface area contributed by atoms with Crippen molar-refractivity contribution in [1.29, 1.82) is 0 Å². The molecule has 0 bridgehead atoms. The van der Waals surface area contributed by atoms with E-state index in [4.69, 9.17) is 9.84 Å². The Bertz CT molecular complexity index is 1490. The monoisotopic (exact) mass is 518 g/mol. The minimum absolute atomic E-state index is 0.0736. The number of amides is 1. The third-order valence-electron chi connectivity index (χ3n) is 7.88. The number of hydrogen-bond acceptors (Lipinski definition) is 4. The molecule has 2 aliphatic rings. The molecule has 0 radical (unpaired) electrons. The van der Waals surface area contributed by atoms with Crippen LogP contribution in [0.3, 0.4) is 0 Å². The molecule has 0 aliphatic heterocycles. The molecule has 0 saturated heterocycles. The van der Waals surface area contributed by atoms with Gasteiger partial charge >= 0.3 is 5.97 Å². The highest BCUT2D eigenvalue weighted by atomic mass is 32.1. The third kappa shape index (κ3) is 4.39. The molecular weight excluding hydrogens is 491 g/mol. The lowest BCUT2D eigenvalue weighted by molar-refractivity contribution is -0.155. The summed E-state index contributed by atoms with van der Waals surface area (Å²) < 4.78 is 22.3. The van der Waals surface area contributed by atoms with Gasteiger partial charge in [0.15, 0.2) is 0 Å². The van der Waals surface area contributed by atoms with Crippen LogP contribution >= 0.6 is 11.3 Å². The molecule has 0 atom stereocenters. The lowest BCUT2D eigenvalue weighted by atomic mass is 9.50. The zero-order chi connectivity index (χ0) is 25.7. The van der Waals surface area contributed by atoms with Gasteiger partial charge in [-0.05, 0) is 66.0 Å². The van der Waals surface area contributed by atoms with Gasteiger partial charge in [-0.15, -0.1) is 11.3 Å². The number of carboxylic acids is 1. The van der Waals surface area contributed by atoms with Crippen molar-refractivity contribution < 1.29 is 23.8 Å². The first-order valence-corrected chi connectivity index (χ1v) is 13.2. The van der Waals surface area contributed by atoms with Crippen LogP contribution in [0.15, 0.2) is 60.1 Å². The Kier molecular flexibility index (Phi) is 5.79. The number of rotatable bonds is 7.